The van der Waals surface area contributed by atoms with Crippen LogP contribution in [0.5, 0.6) is 0 Å². The summed E-state index contributed by atoms with van der Waals surface area (Å²) in [4.78, 5) is 0. The lowest BCUT2D eigenvalue weighted by molar-refractivity contribution is 0.577. The molecule has 0 fully saturated rings. The monoisotopic (exact) mass is 370 g/mol. The highest BCUT2D eigenvalue weighted by atomic mass is 19.1. The summed E-state index contributed by atoms with van der Waals surface area (Å²) in [6.07, 6.45) is 1.89. The van der Waals surface area contributed by atoms with Crippen molar-refractivity contribution in [3.8, 4) is 23.7 Å². The zero-order valence-electron chi connectivity index (χ0n) is 15.9. The number of hydrogen-bond donors (Lipinski definition) is 0. The lowest BCUT2D eigenvalue weighted by Gasteiger charge is -1.99. The van der Waals surface area contributed by atoms with Crippen LogP contribution in [0, 0.1) is 35.3 Å². The van der Waals surface area contributed by atoms with Crippen LogP contribution >= 0.6 is 0 Å². The Morgan fingerprint density at radius 3 is 1.39 bits per heavy atom. The van der Waals surface area contributed by atoms with Crippen LogP contribution in [0.2, 0.25) is 0 Å². The SMILES string of the molecule is CCc1ccc(C#Cc2cc(F)c(C#Cc3ccc(CC)cc3)c(F)c2)cc1. The highest BCUT2D eigenvalue weighted by Gasteiger charge is 2.08. The summed E-state index contributed by atoms with van der Waals surface area (Å²) < 4.78 is 28.7. The predicted octanol–water partition coefficient (Wildman–Crippen LogP) is 5.89. The second kappa shape index (κ2) is 9.03. The van der Waals surface area contributed by atoms with Crippen molar-refractivity contribution < 1.29 is 8.78 Å². The zero-order valence-corrected chi connectivity index (χ0v) is 15.9. The molecule has 0 bridgehead atoms. The van der Waals surface area contributed by atoms with Gasteiger partial charge in [0, 0.05) is 16.7 Å². The number of halogens is 2. The Morgan fingerprint density at radius 1 is 0.571 bits per heavy atom. The average Bonchev–Trinajstić information content (AvgIpc) is 2.72. The molecule has 0 aliphatic rings. The molecule has 0 radical (unpaired) electrons. The van der Waals surface area contributed by atoms with Gasteiger partial charge in [0.1, 0.15) is 11.6 Å². The van der Waals surface area contributed by atoms with Crippen LogP contribution in [0.3, 0.4) is 0 Å². The zero-order chi connectivity index (χ0) is 19.9. The van der Waals surface area contributed by atoms with E-state index in [4.69, 9.17) is 0 Å². The van der Waals surface area contributed by atoms with Crippen LogP contribution in [0.4, 0.5) is 8.78 Å². The summed E-state index contributed by atoms with van der Waals surface area (Å²) in [5, 5.41) is 0. The minimum absolute atomic E-state index is 0.239. The van der Waals surface area contributed by atoms with Crippen molar-refractivity contribution in [1.82, 2.24) is 0 Å². The quantitative estimate of drug-likeness (QED) is 0.494. The van der Waals surface area contributed by atoms with E-state index in [2.05, 4.69) is 37.5 Å². The van der Waals surface area contributed by atoms with Crippen LogP contribution in [0.15, 0.2) is 60.7 Å². The fraction of sp³-hybridized carbons (Fsp3) is 0.154. The van der Waals surface area contributed by atoms with Crippen molar-refractivity contribution in [3.63, 3.8) is 0 Å². The van der Waals surface area contributed by atoms with E-state index in [0.29, 0.717) is 0 Å². The van der Waals surface area contributed by atoms with Crippen LogP contribution in [-0.4, -0.2) is 0 Å². The average molecular weight is 370 g/mol. The third-order valence-electron chi connectivity index (χ3n) is 4.45. The van der Waals surface area contributed by atoms with Gasteiger partial charge < -0.3 is 0 Å². The third-order valence-corrected chi connectivity index (χ3v) is 4.45. The predicted molar refractivity (Wildman–Crippen MR) is 110 cm³/mol. The van der Waals surface area contributed by atoms with Crippen molar-refractivity contribution >= 4 is 0 Å². The maximum absolute atomic E-state index is 14.3. The summed E-state index contributed by atoms with van der Waals surface area (Å²) >= 11 is 0. The maximum atomic E-state index is 14.3. The van der Waals surface area contributed by atoms with Crippen LogP contribution in [-0.2, 0) is 12.8 Å². The van der Waals surface area contributed by atoms with Gasteiger partial charge in [-0.25, -0.2) is 8.78 Å². The standard InChI is InChI=1S/C26H20F2/c1-3-19-5-9-21(10-6-19)13-14-23-17-25(27)24(26(28)18-23)16-15-22-11-7-20(4-2)8-12-22/h5-12,17-18H,3-4H2,1-2H3. The van der Waals surface area contributed by atoms with E-state index >= 15 is 0 Å². The summed E-state index contributed by atoms with van der Waals surface area (Å²) in [7, 11) is 0. The van der Waals surface area contributed by atoms with Gasteiger partial charge in [-0.3, -0.25) is 0 Å². The second-order valence-electron chi connectivity index (χ2n) is 6.42. The molecule has 0 unspecified atom stereocenters. The Kier molecular flexibility index (Phi) is 6.25. The minimum Gasteiger partial charge on any atom is -0.205 e. The van der Waals surface area contributed by atoms with Gasteiger partial charge in [-0.2, -0.15) is 0 Å². The molecule has 0 aliphatic carbocycles. The lowest BCUT2D eigenvalue weighted by Crippen LogP contribution is -1.92. The summed E-state index contributed by atoms with van der Waals surface area (Å²) in [5.41, 5.74) is 3.97. The molecule has 0 heterocycles. The van der Waals surface area contributed by atoms with E-state index in [1.807, 2.05) is 48.5 Å². The molecule has 3 aromatic carbocycles. The molecule has 0 amide bonds. The Hall–Kier alpha value is -3.36. The van der Waals surface area contributed by atoms with Gasteiger partial charge in [-0.15, -0.1) is 0 Å². The highest BCUT2D eigenvalue weighted by Crippen LogP contribution is 2.15. The van der Waals surface area contributed by atoms with Crippen LogP contribution in [0.25, 0.3) is 0 Å². The Bertz CT molecular complexity index is 1060. The molecular weight excluding hydrogens is 350 g/mol. The normalized spacial score (nSPS) is 9.86. The summed E-state index contributed by atoms with van der Waals surface area (Å²) in [6.45, 7) is 4.15. The maximum Gasteiger partial charge on any atom is 0.143 e. The van der Waals surface area contributed by atoms with Gasteiger partial charge in [-0.05, 0) is 60.4 Å². The number of rotatable bonds is 2. The molecule has 138 valence electrons. The molecule has 0 saturated heterocycles. The van der Waals surface area contributed by atoms with E-state index in [1.165, 1.54) is 23.3 Å². The molecule has 0 saturated carbocycles. The van der Waals surface area contributed by atoms with Crippen molar-refractivity contribution in [1.29, 1.82) is 0 Å². The van der Waals surface area contributed by atoms with Gasteiger partial charge in [0.15, 0.2) is 0 Å². The van der Waals surface area contributed by atoms with E-state index in [0.717, 1.165) is 24.0 Å². The summed E-state index contributed by atoms with van der Waals surface area (Å²) in [6, 6.07) is 17.9. The van der Waals surface area contributed by atoms with Gasteiger partial charge in [-0.1, -0.05) is 61.8 Å². The number of hydrogen-bond acceptors (Lipinski definition) is 0. The molecule has 0 N–H and O–H groups in total. The molecule has 0 spiro atoms. The van der Waals surface area contributed by atoms with Crippen LogP contribution < -0.4 is 0 Å². The first-order valence-electron chi connectivity index (χ1n) is 9.30. The van der Waals surface area contributed by atoms with E-state index in [1.54, 1.807) is 0 Å². The molecule has 0 aliphatic heterocycles. The van der Waals surface area contributed by atoms with E-state index in [-0.39, 0.29) is 11.1 Å². The van der Waals surface area contributed by atoms with E-state index < -0.39 is 11.6 Å². The Balaban J connectivity index is 1.83. The molecule has 0 atom stereocenters. The van der Waals surface area contributed by atoms with Crippen molar-refractivity contribution in [2.75, 3.05) is 0 Å². The molecule has 28 heavy (non-hydrogen) atoms. The smallest absolute Gasteiger partial charge is 0.143 e. The van der Waals surface area contributed by atoms with Crippen molar-refractivity contribution in [3.05, 3.63) is 106 Å². The molecule has 3 rings (SSSR count). The first-order chi connectivity index (χ1) is 13.6. The van der Waals surface area contributed by atoms with Crippen molar-refractivity contribution in [2.24, 2.45) is 0 Å². The fourth-order valence-electron chi connectivity index (χ4n) is 2.69. The van der Waals surface area contributed by atoms with Gasteiger partial charge in [0.05, 0.1) is 5.56 Å². The number of aryl methyl sites for hydroxylation is 2. The molecule has 3 aromatic rings. The Labute approximate surface area is 165 Å². The highest BCUT2D eigenvalue weighted by molar-refractivity contribution is 5.49. The van der Waals surface area contributed by atoms with Crippen LogP contribution in [0.1, 0.15) is 47.2 Å². The molecule has 0 nitrogen and oxygen atoms in total. The van der Waals surface area contributed by atoms with Gasteiger partial charge >= 0.3 is 0 Å². The second-order valence-corrected chi connectivity index (χ2v) is 6.42. The first kappa shape index (κ1) is 19.4. The van der Waals surface area contributed by atoms with Gasteiger partial charge in [0.25, 0.3) is 0 Å². The fourth-order valence-corrected chi connectivity index (χ4v) is 2.69. The van der Waals surface area contributed by atoms with Gasteiger partial charge in [0.2, 0.25) is 0 Å². The third kappa shape index (κ3) is 4.87. The molecule has 0 aromatic heterocycles. The minimum atomic E-state index is -0.705. The largest absolute Gasteiger partial charge is 0.205 e. The van der Waals surface area contributed by atoms with Crippen molar-refractivity contribution in [2.45, 2.75) is 26.7 Å². The molecule has 2 heteroatoms. The number of benzene rings is 3. The topological polar surface area (TPSA) is 0 Å². The first-order valence-corrected chi connectivity index (χ1v) is 9.30. The molecular formula is C26H20F2. The Morgan fingerprint density at radius 2 is 0.964 bits per heavy atom. The van der Waals surface area contributed by atoms with E-state index in [9.17, 15) is 8.78 Å². The summed E-state index contributed by atoms with van der Waals surface area (Å²) in [5.74, 6) is 9.76. The lowest BCUT2D eigenvalue weighted by atomic mass is 10.1.